The minimum atomic E-state index is -1.09. The number of aliphatic hydroxyl groups is 1. The number of amides is 1. The van der Waals surface area contributed by atoms with Gasteiger partial charge in [-0.3, -0.25) is 19.5 Å². The molecule has 43 heavy (non-hydrogen) atoms. The molecule has 1 atom stereocenters. The summed E-state index contributed by atoms with van der Waals surface area (Å²) in [6, 6.07) is 16.7. The Hall–Kier alpha value is -5.03. The third-order valence-corrected chi connectivity index (χ3v) is 7.81. The number of Topliss-reactive ketones (excluding diaryl/α,β-unsaturated/α-hetero) is 1. The van der Waals surface area contributed by atoms with Gasteiger partial charge in [-0.25, -0.2) is 9.78 Å². The number of esters is 1. The first-order valence-electron chi connectivity index (χ1n) is 13.6. The molecule has 0 radical (unpaired) electrons. The molecule has 1 fully saturated rings. The molecular formula is C32H29N3O7S. The zero-order valence-corrected chi connectivity index (χ0v) is 24.6. The molecular weight excluding hydrogens is 570 g/mol. The first kappa shape index (κ1) is 29.5. The van der Waals surface area contributed by atoms with E-state index in [1.54, 1.807) is 44.2 Å². The van der Waals surface area contributed by atoms with Crippen LogP contribution in [-0.2, 0) is 20.9 Å². The SMILES string of the molecule is CCOC(=O)c1sc(N2C(=O)C(=O)C(=C(O)c3ccncc3)C2c2ccc(OCc3ccccc3)c(OCC)c2)nc1C. The molecule has 3 heterocycles. The van der Waals surface area contributed by atoms with Crippen molar-refractivity contribution in [3.63, 3.8) is 0 Å². The molecule has 0 aliphatic carbocycles. The van der Waals surface area contributed by atoms with Crippen LogP contribution in [0.15, 0.2) is 78.6 Å². The molecule has 1 unspecified atom stereocenters. The van der Waals surface area contributed by atoms with Gasteiger partial charge in [0.2, 0.25) is 0 Å². The number of aryl methyl sites for hydroxylation is 1. The number of benzene rings is 2. The summed E-state index contributed by atoms with van der Waals surface area (Å²) >= 11 is 0.939. The molecule has 11 heteroatoms. The summed E-state index contributed by atoms with van der Waals surface area (Å²) in [5, 5.41) is 11.5. The van der Waals surface area contributed by atoms with Crippen molar-refractivity contribution in [3.05, 3.63) is 106 Å². The Morgan fingerprint density at radius 2 is 1.72 bits per heavy atom. The van der Waals surface area contributed by atoms with E-state index in [1.165, 1.54) is 17.3 Å². The molecule has 0 bridgehead atoms. The largest absolute Gasteiger partial charge is 0.507 e. The lowest BCUT2D eigenvalue weighted by atomic mass is 9.95. The van der Waals surface area contributed by atoms with Gasteiger partial charge >= 0.3 is 11.9 Å². The normalized spacial score (nSPS) is 15.9. The minimum Gasteiger partial charge on any atom is -0.507 e. The van der Waals surface area contributed by atoms with E-state index < -0.39 is 23.7 Å². The van der Waals surface area contributed by atoms with Crippen LogP contribution in [0.1, 0.15) is 51.9 Å². The summed E-state index contributed by atoms with van der Waals surface area (Å²) in [7, 11) is 0. The molecule has 1 aliphatic heterocycles. The number of carbonyl (C=O) groups is 3. The van der Waals surface area contributed by atoms with Crippen molar-refractivity contribution in [2.24, 2.45) is 0 Å². The fourth-order valence-corrected chi connectivity index (χ4v) is 5.69. The number of hydrogen-bond donors (Lipinski definition) is 1. The van der Waals surface area contributed by atoms with Crippen LogP contribution in [0.25, 0.3) is 5.76 Å². The molecule has 1 N–H and O–H groups in total. The number of aliphatic hydroxyl groups excluding tert-OH is 1. The monoisotopic (exact) mass is 599 g/mol. The standard InChI is InChI=1S/C32H29N3O7S/c1-4-40-24-17-22(11-12-23(24)42-18-20-9-7-6-8-10-20)26-25(27(36)21-13-15-33-16-14-21)28(37)30(38)35(26)32-34-19(3)29(43-32)31(39)41-5-2/h6-17,26,36H,4-5,18H2,1-3H3. The van der Waals surface area contributed by atoms with Gasteiger partial charge in [-0.05, 0) is 56.2 Å². The molecule has 2 aromatic heterocycles. The van der Waals surface area contributed by atoms with Gasteiger partial charge in [0.15, 0.2) is 16.6 Å². The first-order valence-corrected chi connectivity index (χ1v) is 14.4. The van der Waals surface area contributed by atoms with E-state index in [9.17, 15) is 19.5 Å². The van der Waals surface area contributed by atoms with Gasteiger partial charge in [-0.2, -0.15) is 0 Å². The molecule has 4 aromatic rings. The maximum atomic E-state index is 13.6. The van der Waals surface area contributed by atoms with E-state index in [2.05, 4.69) is 9.97 Å². The number of anilines is 1. The number of rotatable bonds is 10. The van der Waals surface area contributed by atoms with E-state index in [0.29, 0.717) is 41.5 Å². The lowest BCUT2D eigenvalue weighted by molar-refractivity contribution is -0.132. The van der Waals surface area contributed by atoms with Crippen molar-refractivity contribution in [1.29, 1.82) is 0 Å². The lowest BCUT2D eigenvalue weighted by Gasteiger charge is -2.24. The van der Waals surface area contributed by atoms with Gasteiger partial charge < -0.3 is 19.3 Å². The Bertz CT molecular complexity index is 1690. The first-order chi connectivity index (χ1) is 20.8. The summed E-state index contributed by atoms with van der Waals surface area (Å²) < 4.78 is 17.1. The summed E-state index contributed by atoms with van der Waals surface area (Å²) in [4.78, 5) is 49.6. The van der Waals surface area contributed by atoms with Gasteiger partial charge in [0, 0.05) is 18.0 Å². The van der Waals surface area contributed by atoms with Crippen molar-refractivity contribution in [2.45, 2.75) is 33.4 Å². The summed E-state index contributed by atoms with van der Waals surface area (Å²) in [5.74, 6) is -1.87. The number of hydrogen-bond acceptors (Lipinski definition) is 10. The Kier molecular flexibility index (Phi) is 8.82. The molecule has 2 aromatic carbocycles. The third-order valence-electron chi connectivity index (χ3n) is 6.67. The molecule has 1 saturated heterocycles. The van der Waals surface area contributed by atoms with Crippen molar-refractivity contribution in [3.8, 4) is 11.5 Å². The van der Waals surface area contributed by atoms with Crippen LogP contribution in [0.3, 0.4) is 0 Å². The highest BCUT2D eigenvalue weighted by molar-refractivity contribution is 7.17. The smallest absolute Gasteiger partial charge is 0.350 e. The number of ether oxygens (including phenoxy) is 3. The fraction of sp³-hybridized carbons (Fsp3) is 0.219. The Balaban J connectivity index is 1.63. The Morgan fingerprint density at radius 1 is 0.977 bits per heavy atom. The van der Waals surface area contributed by atoms with Crippen LogP contribution in [0.4, 0.5) is 5.13 Å². The number of ketones is 1. The number of pyridine rings is 1. The molecule has 0 spiro atoms. The number of carbonyl (C=O) groups excluding carboxylic acids is 3. The Labute approximate surface area is 252 Å². The topological polar surface area (TPSA) is 128 Å². The van der Waals surface area contributed by atoms with E-state index in [4.69, 9.17) is 14.2 Å². The Morgan fingerprint density at radius 3 is 2.42 bits per heavy atom. The van der Waals surface area contributed by atoms with Crippen LogP contribution >= 0.6 is 11.3 Å². The van der Waals surface area contributed by atoms with Gasteiger partial charge in [-0.1, -0.05) is 47.7 Å². The van der Waals surface area contributed by atoms with Gasteiger partial charge in [0.25, 0.3) is 5.78 Å². The van der Waals surface area contributed by atoms with E-state index in [1.807, 2.05) is 37.3 Å². The number of aromatic nitrogens is 2. The maximum Gasteiger partial charge on any atom is 0.350 e. The van der Waals surface area contributed by atoms with Crippen molar-refractivity contribution >= 4 is 39.9 Å². The average Bonchev–Trinajstić information content (AvgIpc) is 3.53. The van der Waals surface area contributed by atoms with E-state index in [-0.39, 0.29) is 27.9 Å². The van der Waals surface area contributed by atoms with Crippen molar-refractivity contribution in [2.75, 3.05) is 18.1 Å². The predicted octanol–water partition coefficient (Wildman–Crippen LogP) is 5.63. The zero-order valence-electron chi connectivity index (χ0n) is 23.8. The van der Waals surface area contributed by atoms with Gasteiger partial charge in [0.05, 0.1) is 30.5 Å². The second kappa shape index (κ2) is 12.9. The summed E-state index contributed by atoms with van der Waals surface area (Å²) in [6.07, 6.45) is 2.95. The molecule has 10 nitrogen and oxygen atoms in total. The molecule has 0 saturated carbocycles. The molecule has 5 rings (SSSR count). The zero-order chi connectivity index (χ0) is 30.5. The number of nitrogens with zero attached hydrogens (tertiary/aromatic N) is 3. The van der Waals surface area contributed by atoms with Crippen molar-refractivity contribution < 1.29 is 33.7 Å². The van der Waals surface area contributed by atoms with E-state index >= 15 is 0 Å². The number of thiazole rings is 1. The molecule has 1 aliphatic rings. The quantitative estimate of drug-likeness (QED) is 0.107. The maximum absolute atomic E-state index is 13.6. The van der Waals surface area contributed by atoms with Gasteiger partial charge in [-0.15, -0.1) is 0 Å². The highest BCUT2D eigenvalue weighted by atomic mass is 32.1. The molecule has 1 amide bonds. The van der Waals surface area contributed by atoms with E-state index in [0.717, 1.165) is 16.9 Å². The predicted molar refractivity (Wildman–Crippen MR) is 160 cm³/mol. The second-order valence-corrected chi connectivity index (χ2v) is 10.4. The third kappa shape index (κ3) is 5.98. The highest BCUT2D eigenvalue weighted by Crippen LogP contribution is 2.45. The average molecular weight is 600 g/mol. The second-order valence-electron chi connectivity index (χ2n) is 9.45. The fourth-order valence-electron chi connectivity index (χ4n) is 4.70. The molecule has 220 valence electrons. The minimum absolute atomic E-state index is 0.115. The van der Waals surface area contributed by atoms with Crippen LogP contribution in [0.5, 0.6) is 11.5 Å². The van der Waals surface area contributed by atoms with Crippen molar-refractivity contribution in [1.82, 2.24) is 9.97 Å². The van der Waals surface area contributed by atoms with Gasteiger partial charge in [0.1, 0.15) is 17.2 Å². The van der Waals surface area contributed by atoms with Crippen LogP contribution in [0, 0.1) is 6.92 Å². The van der Waals surface area contributed by atoms with Crippen LogP contribution in [0.2, 0.25) is 0 Å². The summed E-state index contributed by atoms with van der Waals surface area (Å²) in [5.41, 5.74) is 1.97. The summed E-state index contributed by atoms with van der Waals surface area (Å²) in [6.45, 7) is 5.95. The van der Waals surface area contributed by atoms with Crippen LogP contribution < -0.4 is 14.4 Å². The van der Waals surface area contributed by atoms with Crippen LogP contribution in [-0.4, -0.2) is 45.9 Å². The lowest BCUT2D eigenvalue weighted by Crippen LogP contribution is -2.29. The highest BCUT2D eigenvalue weighted by Gasteiger charge is 2.48.